The summed E-state index contributed by atoms with van der Waals surface area (Å²) in [5, 5.41) is 9.19. The van der Waals surface area contributed by atoms with Crippen molar-refractivity contribution in [3.8, 4) is 0 Å². The average molecular weight is 276 g/mol. The molecule has 1 aliphatic heterocycles. The minimum absolute atomic E-state index is 0.263. The molecule has 0 unspecified atom stereocenters. The fourth-order valence-corrected chi connectivity index (χ4v) is 2.62. The fourth-order valence-electron chi connectivity index (χ4n) is 2.62. The van der Waals surface area contributed by atoms with Gasteiger partial charge in [-0.2, -0.15) is 0 Å². The van der Waals surface area contributed by atoms with Crippen molar-refractivity contribution < 1.29 is 14.7 Å². The van der Waals surface area contributed by atoms with Gasteiger partial charge in [-0.1, -0.05) is 30.3 Å². The van der Waals surface area contributed by atoms with Gasteiger partial charge in [0.1, 0.15) is 6.04 Å². The van der Waals surface area contributed by atoms with Crippen LogP contribution in [0, 0.1) is 0 Å². The molecule has 2 atom stereocenters. The second kappa shape index (κ2) is 6.52. The molecule has 2 rings (SSSR count). The highest BCUT2D eigenvalue weighted by molar-refractivity contribution is 5.87. The molecule has 1 fully saturated rings. The molecule has 5 heteroatoms. The summed E-state index contributed by atoms with van der Waals surface area (Å²) in [7, 11) is 0. The molecule has 5 nitrogen and oxygen atoms in total. The van der Waals surface area contributed by atoms with Crippen LogP contribution in [0.3, 0.4) is 0 Å². The van der Waals surface area contributed by atoms with Crippen LogP contribution < -0.4 is 5.73 Å². The highest BCUT2D eigenvalue weighted by Crippen LogP contribution is 2.18. The van der Waals surface area contributed by atoms with Gasteiger partial charge < -0.3 is 15.7 Å². The van der Waals surface area contributed by atoms with Gasteiger partial charge in [-0.3, -0.25) is 4.79 Å². The van der Waals surface area contributed by atoms with Crippen LogP contribution in [-0.2, 0) is 16.0 Å². The first-order valence-electron chi connectivity index (χ1n) is 6.92. The van der Waals surface area contributed by atoms with Crippen LogP contribution in [-0.4, -0.2) is 40.5 Å². The molecule has 0 aliphatic carbocycles. The zero-order valence-electron chi connectivity index (χ0n) is 11.4. The lowest BCUT2D eigenvalue weighted by Crippen LogP contribution is -2.54. The molecule has 108 valence electrons. The van der Waals surface area contributed by atoms with E-state index in [9.17, 15) is 14.7 Å². The molecule has 1 aliphatic rings. The van der Waals surface area contributed by atoms with Crippen LogP contribution in [0.15, 0.2) is 30.3 Å². The molecule has 0 radical (unpaired) electrons. The van der Waals surface area contributed by atoms with E-state index >= 15 is 0 Å². The summed E-state index contributed by atoms with van der Waals surface area (Å²) < 4.78 is 0. The molecular formula is C15H20N2O3. The summed E-state index contributed by atoms with van der Waals surface area (Å²) in [5.41, 5.74) is 6.94. The van der Waals surface area contributed by atoms with Crippen molar-refractivity contribution in [2.75, 3.05) is 6.54 Å². The Labute approximate surface area is 118 Å². The van der Waals surface area contributed by atoms with Crippen LogP contribution in [0.4, 0.5) is 0 Å². The van der Waals surface area contributed by atoms with E-state index < -0.39 is 18.1 Å². The number of nitrogens with two attached hydrogens (primary N) is 1. The summed E-state index contributed by atoms with van der Waals surface area (Å²) in [6.45, 7) is 0.484. The van der Waals surface area contributed by atoms with E-state index in [1.165, 1.54) is 4.90 Å². The molecule has 1 heterocycles. The van der Waals surface area contributed by atoms with Crippen LogP contribution >= 0.6 is 0 Å². The maximum absolute atomic E-state index is 12.4. The molecule has 1 amide bonds. The number of carbonyl (C=O) groups excluding carboxylic acids is 1. The number of hydrogen-bond acceptors (Lipinski definition) is 3. The van der Waals surface area contributed by atoms with E-state index in [0.29, 0.717) is 19.4 Å². The topological polar surface area (TPSA) is 83.6 Å². The van der Waals surface area contributed by atoms with Crippen molar-refractivity contribution in [2.45, 2.75) is 37.8 Å². The Hall–Kier alpha value is -1.88. The molecular weight excluding hydrogens is 256 g/mol. The summed E-state index contributed by atoms with van der Waals surface area (Å²) in [5.74, 6) is -1.20. The molecule has 1 aromatic rings. The van der Waals surface area contributed by atoms with Gasteiger partial charge in [-0.25, -0.2) is 4.79 Å². The Morgan fingerprint density at radius 1 is 1.30 bits per heavy atom. The monoisotopic (exact) mass is 276 g/mol. The van der Waals surface area contributed by atoms with E-state index in [1.807, 2.05) is 30.3 Å². The van der Waals surface area contributed by atoms with E-state index in [1.54, 1.807) is 0 Å². The number of carboxylic acids is 1. The third-order valence-corrected chi connectivity index (χ3v) is 3.69. The van der Waals surface area contributed by atoms with Gasteiger partial charge in [-0.15, -0.1) is 0 Å². The van der Waals surface area contributed by atoms with Gasteiger partial charge >= 0.3 is 5.97 Å². The number of carbonyl (C=O) groups is 2. The zero-order valence-corrected chi connectivity index (χ0v) is 11.4. The number of amides is 1. The number of piperidine rings is 1. The van der Waals surface area contributed by atoms with Gasteiger partial charge in [0.15, 0.2) is 0 Å². The van der Waals surface area contributed by atoms with Crippen molar-refractivity contribution >= 4 is 11.9 Å². The van der Waals surface area contributed by atoms with Gasteiger partial charge in [0.2, 0.25) is 5.91 Å². The molecule has 1 saturated heterocycles. The van der Waals surface area contributed by atoms with E-state index in [2.05, 4.69) is 0 Å². The number of rotatable bonds is 4. The van der Waals surface area contributed by atoms with Crippen molar-refractivity contribution in [1.82, 2.24) is 4.90 Å². The van der Waals surface area contributed by atoms with Gasteiger partial charge in [-0.05, 0) is 31.2 Å². The van der Waals surface area contributed by atoms with Crippen LogP contribution in [0.25, 0.3) is 0 Å². The number of benzene rings is 1. The maximum Gasteiger partial charge on any atom is 0.326 e. The first-order valence-corrected chi connectivity index (χ1v) is 6.92. The van der Waals surface area contributed by atoms with Crippen LogP contribution in [0.5, 0.6) is 0 Å². The fraction of sp³-hybridized carbons (Fsp3) is 0.467. The Balaban J connectivity index is 2.03. The number of likely N-dealkylation sites (tertiary alicyclic amines) is 1. The Kier molecular flexibility index (Phi) is 4.74. The number of nitrogens with zero attached hydrogens (tertiary/aromatic N) is 1. The SMILES string of the molecule is N[C@H](Cc1ccccc1)C(=O)N1CCCC[C@@H]1C(=O)O. The Morgan fingerprint density at radius 3 is 2.65 bits per heavy atom. The summed E-state index contributed by atoms with van der Waals surface area (Å²) in [4.78, 5) is 25.0. The predicted octanol–water partition coefficient (Wildman–Crippen LogP) is 1.02. The second-order valence-electron chi connectivity index (χ2n) is 5.18. The van der Waals surface area contributed by atoms with Gasteiger partial charge in [0.05, 0.1) is 6.04 Å². The average Bonchev–Trinajstić information content (AvgIpc) is 2.47. The minimum atomic E-state index is -0.940. The largest absolute Gasteiger partial charge is 0.480 e. The molecule has 0 saturated carbocycles. The third-order valence-electron chi connectivity index (χ3n) is 3.69. The molecule has 0 aromatic heterocycles. The number of hydrogen-bond donors (Lipinski definition) is 2. The summed E-state index contributed by atoms with van der Waals surface area (Å²) in [6, 6.07) is 8.12. The van der Waals surface area contributed by atoms with Crippen molar-refractivity contribution in [1.29, 1.82) is 0 Å². The highest BCUT2D eigenvalue weighted by atomic mass is 16.4. The smallest absolute Gasteiger partial charge is 0.326 e. The predicted molar refractivity (Wildman–Crippen MR) is 75.1 cm³/mol. The lowest BCUT2D eigenvalue weighted by molar-refractivity contribution is -0.152. The number of aliphatic carboxylic acids is 1. The van der Waals surface area contributed by atoms with Crippen LogP contribution in [0.2, 0.25) is 0 Å². The highest BCUT2D eigenvalue weighted by Gasteiger charge is 2.34. The zero-order chi connectivity index (χ0) is 14.5. The molecule has 20 heavy (non-hydrogen) atoms. The maximum atomic E-state index is 12.4. The quantitative estimate of drug-likeness (QED) is 0.860. The van der Waals surface area contributed by atoms with Gasteiger partial charge in [0.25, 0.3) is 0 Å². The lowest BCUT2D eigenvalue weighted by atomic mass is 9.99. The van der Waals surface area contributed by atoms with Crippen molar-refractivity contribution in [3.63, 3.8) is 0 Å². The molecule has 0 spiro atoms. The van der Waals surface area contributed by atoms with Gasteiger partial charge in [0, 0.05) is 6.54 Å². The van der Waals surface area contributed by atoms with E-state index in [-0.39, 0.29) is 5.91 Å². The van der Waals surface area contributed by atoms with Crippen molar-refractivity contribution in [3.05, 3.63) is 35.9 Å². The summed E-state index contributed by atoms with van der Waals surface area (Å²) in [6.07, 6.45) is 2.63. The van der Waals surface area contributed by atoms with E-state index in [0.717, 1.165) is 18.4 Å². The normalized spacial score (nSPS) is 20.4. The first kappa shape index (κ1) is 14.5. The molecule has 1 aromatic carbocycles. The molecule has 3 N–H and O–H groups in total. The third kappa shape index (κ3) is 3.36. The summed E-state index contributed by atoms with van der Waals surface area (Å²) >= 11 is 0. The standard InChI is InChI=1S/C15H20N2O3/c16-12(10-11-6-2-1-3-7-11)14(18)17-9-5-4-8-13(17)15(19)20/h1-3,6-7,12-13H,4-5,8-10,16H2,(H,19,20)/t12-,13-/m1/s1. The first-order chi connectivity index (χ1) is 9.59. The van der Waals surface area contributed by atoms with E-state index in [4.69, 9.17) is 5.73 Å². The number of carboxylic acid groups (broad SMARTS) is 1. The molecule has 0 bridgehead atoms. The van der Waals surface area contributed by atoms with Crippen LogP contribution in [0.1, 0.15) is 24.8 Å². The second-order valence-corrected chi connectivity index (χ2v) is 5.18. The minimum Gasteiger partial charge on any atom is -0.480 e. The Bertz CT molecular complexity index is 475. The Morgan fingerprint density at radius 2 is 2.00 bits per heavy atom. The lowest BCUT2D eigenvalue weighted by Gasteiger charge is -2.34. The van der Waals surface area contributed by atoms with Crippen molar-refractivity contribution in [2.24, 2.45) is 5.73 Å².